The summed E-state index contributed by atoms with van der Waals surface area (Å²) in [5.74, 6) is 0.669. The van der Waals surface area contributed by atoms with Crippen LogP contribution in [0.25, 0.3) is 0 Å². The molecule has 0 amide bonds. The molecule has 9 heteroatoms. The molecule has 7 nitrogen and oxygen atoms in total. The molecule has 102 valence electrons. The van der Waals surface area contributed by atoms with Crippen molar-refractivity contribution in [2.24, 2.45) is 0 Å². The van der Waals surface area contributed by atoms with E-state index < -0.39 is 10.0 Å². The quantitative estimate of drug-likeness (QED) is 0.763. The first-order valence-electron chi connectivity index (χ1n) is 5.52. The van der Waals surface area contributed by atoms with Gasteiger partial charge in [-0.25, -0.2) is 13.4 Å². The van der Waals surface area contributed by atoms with E-state index in [-0.39, 0.29) is 0 Å². The van der Waals surface area contributed by atoms with Gasteiger partial charge in [-0.1, -0.05) is 0 Å². The van der Waals surface area contributed by atoms with E-state index in [0.29, 0.717) is 38.6 Å². The van der Waals surface area contributed by atoms with Gasteiger partial charge in [0.25, 0.3) is 0 Å². The van der Waals surface area contributed by atoms with Crippen LogP contribution in [0.4, 0.5) is 5.13 Å². The molecule has 0 N–H and O–H groups in total. The Bertz CT molecular complexity index is 494. The second-order valence-electron chi connectivity index (χ2n) is 4.08. The number of hydrogen-bond donors (Lipinski definition) is 0. The summed E-state index contributed by atoms with van der Waals surface area (Å²) in [6.07, 6.45) is 1.24. The lowest BCUT2D eigenvalue weighted by Gasteiger charge is -2.32. The Balaban J connectivity index is 1.96. The summed E-state index contributed by atoms with van der Waals surface area (Å²) in [7, 11) is -1.48. The molecule has 1 fully saturated rings. The van der Waals surface area contributed by atoms with Crippen LogP contribution in [0.15, 0.2) is 0 Å². The van der Waals surface area contributed by atoms with Gasteiger partial charge in [0, 0.05) is 44.8 Å². The molecule has 0 aliphatic carbocycles. The largest absolute Gasteiger partial charge is 0.377 e. The predicted molar refractivity (Wildman–Crippen MR) is 69.3 cm³/mol. The maximum Gasteiger partial charge on any atom is 0.211 e. The van der Waals surface area contributed by atoms with Crippen molar-refractivity contribution >= 4 is 26.7 Å². The van der Waals surface area contributed by atoms with E-state index in [9.17, 15) is 8.42 Å². The first kappa shape index (κ1) is 13.7. The van der Waals surface area contributed by atoms with Gasteiger partial charge in [0.2, 0.25) is 15.2 Å². The number of rotatable bonds is 4. The molecular weight excluding hydrogens is 276 g/mol. The van der Waals surface area contributed by atoms with E-state index in [1.807, 2.05) is 0 Å². The summed E-state index contributed by atoms with van der Waals surface area (Å²) in [6.45, 7) is 2.69. The molecular formula is C9H16N4O3S2. The van der Waals surface area contributed by atoms with Gasteiger partial charge in [-0.05, 0) is 0 Å². The highest BCUT2D eigenvalue weighted by Crippen LogP contribution is 2.19. The maximum atomic E-state index is 11.4. The van der Waals surface area contributed by atoms with E-state index in [1.165, 1.54) is 22.1 Å². The van der Waals surface area contributed by atoms with E-state index in [4.69, 9.17) is 4.74 Å². The van der Waals surface area contributed by atoms with Gasteiger partial charge in [0.15, 0.2) is 5.82 Å². The first-order chi connectivity index (χ1) is 8.50. The van der Waals surface area contributed by atoms with Crippen LogP contribution < -0.4 is 4.90 Å². The minimum absolute atomic E-state index is 0.403. The SMILES string of the molecule is COCc1nsc(N2CCN(S(C)(=O)=O)CC2)n1. The van der Waals surface area contributed by atoms with Crippen LogP contribution in [0, 0.1) is 0 Å². The van der Waals surface area contributed by atoms with Crippen molar-refractivity contribution in [3.05, 3.63) is 5.82 Å². The third kappa shape index (κ3) is 3.16. The Morgan fingerprint density at radius 2 is 2.00 bits per heavy atom. The van der Waals surface area contributed by atoms with Crippen LogP contribution >= 0.6 is 11.5 Å². The van der Waals surface area contributed by atoms with Gasteiger partial charge in [0.1, 0.15) is 6.61 Å². The van der Waals surface area contributed by atoms with Gasteiger partial charge in [0.05, 0.1) is 6.26 Å². The third-order valence-corrected chi connectivity index (χ3v) is 4.83. The minimum Gasteiger partial charge on any atom is -0.377 e. The maximum absolute atomic E-state index is 11.4. The number of piperazine rings is 1. The molecule has 0 spiro atoms. The lowest BCUT2D eigenvalue weighted by Crippen LogP contribution is -2.48. The number of sulfonamides is 1. The molecule has 2 rings (SSSR count). The van der Waals surface area contributed by atoms with Crippen molar-refractivity contribution in [3.63, 3.8) is 0 Å². The average Bonchev–Trinajstić information content (AvgIpc) is 2.77. The topological polar surface area (TPSA) is 75.6 Å². The second kappa shape index (κ2) is 5.47. The highest BCUT2D eigenvalue weighted by Gasteiger charge is 2.25. The van der Waals surface area contributed by atoms with E-state index >= 15 is 0 Å². The summed E-state index contributed by atoms with van der Waals surface area (Å²) in [5, 5.41) is 0.829. The highest BCUT2D eigenvalue weighted by molar-refractivity contribution is 7.88. The Morgan fingerprint density at radius 3 is 2.56 bits per heavy atom. The Kier molecular flexibility index (Phi) is 4.15. The number of methoxy groups -OCH3 is 1. The van der Waals surface area contributed by atoms with E-state index in [2.05, 4.69) is 14.3 Å². The second-order valence-corrected chi connectivity index (χ2v) is 6.79. The van der Waals surface area contributed by atoms with Crippen LogP contribution in [0.3, 0.4) is 0 Å². The molecule has 0 saturated carbocycles. The zero-order chi connectivity index (χ0) is 13.2. The van der Waals surface area contributed by atoms with Gasteiger partial charge in [-0.2, -0.15) is 8.68 Å². The fourth-order valence-corrected chi connectivity index (χ4v) is 3.32. The summed E-state index contributed by atoms with van der Waals surface area (Å²) in [5.41, 5.74) is 0. The molecule has 0 aromatic carbocycles. The molecule has 1 saturated heterocycles. The minimum atomic E-state index is -3.08. The van der Waals surface area contributed by atoms with Crippen molar-refractivity contribution in [3.8, 4) is 0 Å². The highest BCUT2D eigenvalue weighted by atomic mass is 32.2. The van der Waals surface area contributed by atoms with Crippen molar-refractivity contribution in [1.29, 1.82) is 0 Å². The van der Waals surface area contributed by atoms with Gasteiger partial charge >= 0.3 is 0 Å². The number of aromatic nitrogens is 2. The third-order valence-electron chi connectivity index (χ3n) is 2.71. The molecule has 1 aliphatic heterocycles. The molecule has 18 heavy (non-hydrogen) atoms. The number of nitrogens with zero attached hydrogens (tertiary/aromatic N) is 4. The van der Waals surface area contributed by atoms with Crippen molar-refractivity contribution in [1.82, 2.24) is 13.7 Å². The van der Waals surface area contributed by atoms with E-state index in [0.717, 1.165) is 5.13 Å². The molecule has 0 atom stereocenters. The Hall–Kier alpha value is -0.770. The van der Waals surface area contributed by atoms with Crippen LogP contribution in [0.1, 0.15) is 5.82 Å². The first-order valence-corrected chi connectivity index (χ1v) is 8.14. The summed E-state index contributed by atoms with van der Waals surface area (Å²) in [6, 6.07) is 0. The lowest BCUT2D eigenvalue weighted by molar-refractivity contribution is 0.179. The van der Waals surface area contributed by atoms with Crippen molar-refractivity contribution < 1.29 is 13.2 Å². The average molecular weight is 292 g/mol. The fourth-order valence-electron chi connectivity index (χ4n) is 1.77. The summed E-state index contributed by atoms with van der Waals surface area (Å²) in [4.78, 5) is 6.41. The lowest BCUT2D eigenvalue weighted by atomic mass is 10.4. The molecule has 1 aromatic heterocycles. The van der Waals surface area contributed by atoms with Gasteiger partial charge in [-0.3, -0.25) is 0 Å². The fraction of sp³-hybridized carbons (Fsp3) is 0.778. The van der Waals surface area contributed by atoms with Crippen LogP contribution in [0.2, 0.25) is 0 Å². The van der Waals surface area contributed by atoms with Gasteiger partial charge in [-0.15, -0.1) is 0 Å². The molecule has 1 aromatic rings. The number of anilines is 1. The Morgan fingerprint density at radius 1 is 1.33 bits per heavy atom. The number of ether oxygens (including phenoxy) is 1. The Labute approximate surface area is 111 Å². The normalized spacial score (nSPS) is 18.2. The van der Waals surface area contributed by atoms with Crippen molar-refractivity contribution in [2.45, 2.75) is 6.61 Å². The van der Waals surface area contributed by atoms with Crippen LogP contribution in [-0.4, -0.2) is 61.6 Å². The van der Waals surface area contributed by atoms with Crippen LogP contribution in [0.5, 0.6) is 0 Å². The molecule has 0 radical (unpaired) electrons. The molecule has 2 heterocycles. The van der Waals surface area contributed by atoms with Crippen LogP contribution in [-0.2, 0) is 21.4 Å². The van der Waals surface area contributed by atoms with Gasteiger partial charge < -0.3 is 9.64 Å². The standard InChI is InChI=1S/C9H16N4O3S2/c1-16-7-8-10-9(17-11-8)12-3-5-13(6-4-12)18(2,14)15/h3-7H2,1-2H3. The number of hydrogen-bond acceptors (Lipinski definition) is 7. The predicted octanol–water partition coefficient (Wildman–Crippen LogP) is -0.234. The summed E-state index contributed by atoms with van der Waals surface area (Å²) < 4.78 is 33.4. The molecule has 0 bridgehead atoms. The van der Waals surface area contributed by atoms with Crippen molar-refractivity contribution in [2.75, 3.05) is 44.4 Å². The summed E-state index contributed by atoms with van der Waals surface area (Å²) >= 11 is 1.32. The monoisotopic (exact) mass is 292 g/mol. The zero-order valence-corrected chi connectivity index (χ0v) is 12.0. The smallest absolute Gasteiger partial charge is 0.211 e. The molecule has 1 aliphatic rings. The van der Waals surface area contributed by atoms with E-state index in [1.54, 1.807) is 7.11 Å². The zero-order valence-electron chi connectivity index (χ0n) is 10.4. The molecule has 0 unspecified atom stereocenters.